The molecule has 1 amide bonds. The lowest BCUT2D eigenvalue weighted by Crippen LogP contribution is -2.87. The van der Waals surface area contributed by atoms with Crippen molar-refractivity contribution in [3.8, 4) is 0 Å². The van der Waals surface area contributed by atoms with Crippen LogP contribution in [-0.2, 0) is 27.2 Å². The number of carbonyl (C=O) groups excluding carboxylic acids is 3. The van der Waals surface area contributed by atoms with Crippen molar-refractivity contribution in [1.29, 1.82) is 0 Å². The van der Waals surface area contributed by atoms with Crippen molar-refractivity contribution in [2.45, 2.75) is 84.4 Å². The molecule has 0 radical (unpaired) electrons. The van der Waals surface area contributed by atoms with E-state index in [1.807, 2.05) is 31.3 Å². The number of Topliss-reactive ketones (excluding diaryl/α,β-unsaturated/α-hetero) is 1. The lowest BCUT2D eigenvalue weighted by molar-refractivity contribution is -0.434. The van der Waals surface area contributed by atoms with Crippen molar-refractivity contribution in [1.82, 2.24) is 10.3 Å². The van der Waals surface area contributed by atoms with E-state index in [-0.39, 0.29) is 11.9 Å². The summed E-state index contributed by atoms with van der Waals surface area (Å²) in [6.07, 6.45) is 2.71. The molecule has 0 fully saturated rings. The van der Waals surface area contributed by atoms with Gasteiger partial charge in [-0.05, 0) is 56.0 Å². The monoisotopic (exact) mass is 612 g/mol. The van der Waals surface area contributed by atoms with E-state index >= 15 is 0 Å². The lowest BCUT2D eigenvalue weighted by Gasteiger charge is -2.17. The summed E-state index contributed by atoms with van der Waals surface area (Å²) in [4.78, 5) is 42.0. The average Bonchev–Trinajstić information content (AvgIpc) is 3.62. The van der Waals surface area contributed by atoms with Crippen LogP contribution in [0, 0.1) is 6.92 Å². The van der Waals surface area contributed by atoms with E-state index in [2.05, 4.69) is 59.8 Å². The molecule has 4 N–H and O–H groups in total. The highest BCUT2D eigenvalue weighted by molar-refractivity contribution is 5.93. The van der Waals surface area contributed by atoms with Gasteiger partial charge in [0.1, 0.15) is 17.8 Å². The van der Waals surface area contributed by atoms with Crippen molar-refractivity contribution in [3.05, 3.63) is 77.1 Å². The Kier molecular flexibility index (Phi) is 12.5. The van der Waals surface area contributed by atoms with Crippen molar-refractivity contribution >= 4 is 40.1 Å². The number of rotatable bonds is 13. The van der Waals surface area contributed by atoms with E-state index in [0.717, 1.165) is 71.4 Å². The highest BCUT2D eigenvalue weighted by atomic mass is 19.4. The SMILES string of the molecule is CCC(=O)CCCCC[C@H](NC(=O)Cc1c(CC)[nH]c2ccc(C)cc12)C1=NC=C(c2ccccc2)[NH2+]1.O=C([O-])C(F)(F)F. The average molecular weight is 613 g/mol. The van der Waals surface area contributed by atoms with Crippen LogP contribution in [0.15, 0.2) is 59.7 Å². The molecule has 1 aliphatic rings. The topological polar surface area (TPSA) is 131 Å². The van der Waals surface area contributed by atoms with E-state index in [1.54, 1.807) is 0 Å². The number of quaternary nitrogens is 1. The number of carbonyl (C=O) groups is 3. The number of carboxylic acids is 1. The fraction of sp³-hybridized carbons (Fsp3) is 0.394. The number of benzene rings is 2. The Morgan fingerprint density at radius 3 is 2.39 bits per heavy atom. The van der Waals surface area contributed by atoms with E-state index in [9.17, 15) is 22.8 Å². The quantitative estimate of drug-likeness (QED) is 0.249. The van der Waals surface area contributed by atoms with Crippen molar-refractivity contribution in [2.75, 3.05) is 0 Å². The Labute approximate surface area is 254 Å². The predicted molar refractivity (Wildman–Crippen MR) is 161 cm³/mol. The number of H-pyrrole nitrogens is 1. The van der Waals surface area contributed by atoms with Crippen LogP contribution < -0.4 is 15.7 Å². The number of aryl methyl sites for hydroxylation is 2. The maximum atomic E-state index is 13.4. The molecule has 0 spiro atoms. The van der Waals surface area contributed by atoms with E-state index < -0.39 is 12.1 Å². The first-order valence-electron chi connectivity index (χ1n) is 14.8. The molecular formula is C33H39F3N4O4. The second kappa shape index (κ2) is 16.0. The Hall–Kier alpha value is -4.25. The number of nitrogens with two attached hydrogens (primary N) is 1. The number of aliphatic imine (C=N–C) groups is 1. The van der Waals surface area contributed by atoms with Gasteiger partial charge in [0, 0.05) is 35.0 Å². The van der Waals surface area contributed by atoms with Gasteiger partial charge in [-0.25, -0.2) is 4.99 Å². The number of carboxylic acid groups (broad SMARTS) is 1. The van der Waals surface area contributed by atoms with Gasteiger partial charge in [0.15, 0.2) is 5.70 Å². The van der Waals surface area contributed by atoms with Gasteiger partial charge in [0.25, 0.3) is 0 Å². The minimum absolute atomic E-state index is 0.00697. The van der Waals surface area contributed by atoms with Crippen molar-refractivity contribution in [2.24, 2.45) is 4.99 Å². The zero-order valence-electron chi connectivity index (χ0n) is 25.2. The minimum atomic E-state index is -5.19. The van der Waals surface area contributed by atoms with Gasteiger partial charge in [-0.3, -0.25) is 14.9 Å². The second-order valence-corrected chi connectivity index (χ2v) is 10.7. The smallest absolute Gasteiger partial charge is 0.430 e. The third kappa shape index (κ3) is 9.90. The summed E-state index contributed by atoms with van der Waals surface area (Å²) in [6, 6.07) is 16.4. The Morgan fingerprint density at radius 1 is 1.05 bits per heavy atom. The summed E-state index contributed by atoms with van der Waals surface area (Å²) >= 11 is 0. The number of unbranched alkanes of at least 4 members (excludes halogenated alkanes) is 2. The van der Waals surface area contributed by atoms with Crippen molar-refractivity contribution in [3.63, 3.8) is 0 Å². The molecule has 0 unspecified atom stereocenters. The molecular weight excluding hydrogens is 573 g/mol. The number of amidine groups is 1. The third-order valence-electron chi connectivity index (χ3n) is 7.37. The van der Waals surface area contributed by atoms with E-state index in [4.69, 9.17) is 14.9 Å². The van der Waals surface area contributed by atoms with E-state index in [0.29, 0.717) is 25.0 Å². The Balaban J connectivity index is 0.000000676. The number of hydrogen-bond donors (Lipinski definition) is 3. The molecule has 44 heavy (non-hydrogen) atoms. The van der Waals surface area contributed by atoms with Crippen LogP contribution in [0.3, 0.4) is 0 Å². The molecule has 2 heterocycles. The highest BCUT2D eigenvalue weighted by Gasteiger charge is 2.29. The van der Waals surface area contributed by atoms with Crippen LogP contribution in [0.25, 0.3) is 16.6 Å². The summed E-state index contributed by atoms with van der Waals surface area (Å²) < 4.78 is 31.5. The largest absolute Gasteiger partial charge is 0.542 e. The molecule has 8 nitrogen and oxygen atoms in total. The van der Waals surface area contributed by atoms with Gasteiger partial charge < -0.3 is 20.2 Å². The van der Waals surface area contributed by atoms with Crippen LogP contribution >= 0.6 is 0 Å². The van der Waals surface area contributed by atoms with Gasteiger partial charge in [-0.15, -0.1) is 0 Å². The fourth-order valence-electron chi connectivity index (χ4n) is 5.00. The second-order valence-electron chi connectivity index (χ2n) is 10.7. The number of fused-ring (bicyclic) bond motifs is 1. The van der Waals surface area contributed by atoms with Gasteiger partial charge in [-0.2, -0.15) is 13.2 Å². The number of aromatic amines is 1. The minimum Gasteiger partial charge on any atom is -0.542 e. The van der Waals surface area contributed by atoms with Gasteiger partial charge in [0.05, 0.1) is 12.6 Å². The summed E-state index contributed by atoms with van der Waals surface area (Å²) in [5.41, 5.74) is 6.63. The van der Waals surface area contributed by atoms with Crippen LogP contribution in [-0.4, -0.2) is 40.7 Å². The third-order valence-corrected chi connectivity index (χ3v) is 7.37. The van der Waals surface area contributed by atoms with Crippen LogP contribution in [0.2, 0.25) is 0 Å². The zero-order valence-corrected chi connectivity index (χ0v) is 25.2. The number of hydrogen-bond acceptors (Lipinski definition) is 5. The molecule has 4 rings (SSSR count). The molecule has 1 atom stereocenters. The predicted octanol–water partition coefficient (Wildman–Crippen LogP) is 4.27. The zero-order chi connectivity index (χ0) is 32.3. The molecule has 0 bridgehead atoms. The normalized spacial score (nSPS) is 13.5. The highest BCUT2D eigenvalue weighted by Crippen LogP contribution is 2.25. The van der Waals surface area contributed by atoms with E-state index in [1.165, 1.54) is 5.56 Å². The standard InChI is InChI=1S/C31H38N4O2.C2HF3O2/c1-4-23(36)14-10-7-11-15-28(31-32-20-29(35-31)22-12-8-6-9-13-22)34-30(37)19-25-24-18-21(3)16-17-27(24)33-26(25)5-2;3-2(4,5)1(6)7/h6,8-9,12-13,16-18,20,28,33H,4-5,7,10-11,14-15,19H2,1-3H3,(H,32,35)(H,34,37);(H,6,7)/t28-;/m0./s1. The summed E-state index contributed by atoms with van der Waals surface area (Å²) in [5.74, 6) is -1.79. The molecule has 2 aromatic carbocycles. The van der Waals surface area contributed by atoms with Gasteiger partial charge >= 0.3 is 6.18 Å². The fourth-order valence-corrected chi connectivity index (χ4v) is 5.00. The number of aliphatic carboxylic acids is 1. The molecule has 0 saturated carbocycles. The van der Waals surface area contributed by atoms with Crippen LogP contribution in [0.4, 0.5) is 13.2 Å². The number of alkyl halides is 3. The molecule has 1 aromatic heterocycles. The molecule has 0 aliphatic carbocycles. The first kappa shape index (κ1) is 34.2. The molecule has 0 saturated heterocycles. The van der Waals surface area contributed by atoms with Crippen LogP contribution in [0.5, 0.6) is 0 Å². The number of halogens is 3. The lowest BCUT2D eigenvalue weighted by atomic mass is 10.0. The number of nitrogens with zero attached hydrogens (tertiary/aromatic N) is 1. The Morgan fingerprint density at radius 2 is 1.75 bits per heavy atom. The first-order chi connectivity index (χ1) is 20.9. The molecule has 1 aliphatic heterocycles. The van der Waals surface area contributed by atoms with Crippen LogP contribution in [0.1, 0.15) is 74.8 Å². The summed E-state index contributed by atoms with van der Waals surface area (Å²) in [7, 11) is 0. The van der Waals surface area contributed by atoms with Gasteiger partial charge in [0.2, 0.25) is 11.7 Å². The molecule has 236 valence electrons. The molecule has 3 aromatic rings. The van der Waals surface area contributed by atoms with Crippen molar-refractivity contribution < 1.29 is 38.0 Å². The first-order valence-corrected chi connectivity index (χ1v) is 14.8. The molecule has 11 heteroatoms. The number of ketones is 1. The maximum Gasteiger partial charge on any atom is 0.430 e. The Bertz CT molecular complexity index is 1510. The van der Waals surface area contributed by atoms with Gasteiger partial charge in [-0.1, -0.05) is 56.5 Å². The summed E-state index contributed by atoms with van der Waals surface area (Å²) in [6.45, 7) is 6.11. The number of nitrogens with one attached hydrogen (secondary N) is 2. The maximum absolute atomic E-state index is 13.4. The number of aromatic nitrogens is 1. The number of amides is 1. The summed E-state index contributed by atoms with van der Waals surface area (Å²) in [5, 5.41) is 15.3.